The fourth-order valence-corrected chi connectivity index (χ4v) is 7.01. The monoisotopic (exact) mass is 515 g/mol. The minimum atomic E-state index is -3.72. The average molecular weight is 516 g/mol. The topological polar surface area (TPSA) is 108 Å². The summed E-state index contributed by atoms with van der Waals surface area (Å²) in [6, 6.07) is 5.23. The number of thiazole rings is 1. The molecule has 3 rings (SSSR count). The second kappa shape index (κ2) is 8.94. The number of hydrogen-bond donors (Lipinski definition) is 3. The third kappa shape index (κ3) is 5.81. The Kier molecular flexibility index (Phi) is 6.91. The Hall–Kier alpha value is -1.49. The van der Waals surface area contributed by atoms with Crippen molar-refractivity contribution < 1.29 is 18.3 Å². The van der Waals surface area contributed by atoms with E-state index in [9.17, 15) is 13.2 Å². The van der Waals surface area contributed by atoms with E-state index >= 15 is 0 Å². The minimum absolute atomic E-state index is 0.00938. The van der Waals surface area contributed by atoms with Crippen molar-refractivity contribution in [2.75, 3.05) is 0 Å². The van der Waals surface area contributed by atoms with Gasteiger partial charge < -0.3 is 10.4 Å². The maximum atomic E-state index is 13.0. The minimum Gasteiger partial charge on any atom is -0.465 e. The smallest absolute Gasteiger partial charge is 0.404 e. The van der Waals surface area contributed by atoms with Gasteiger partial charge in [-0.25, -0.2) is 22.9 Å². The summed E-state index contributed by atoms with van der Waals surface area (Å²) >= 11 is 4.89. The Morgan fingerprint density at radius 3 is 2.50 bits per heavy atom. The molecule has 1 aromatic carbocycles. The molecule has 2 aromatic rings. The highest BCUT2D eigenvalue weighted by atomic mass is 79.9. The highest BCUT2D eigenvalue weighted by Gasteiger charge is 2.28. The molecule has 0 unspecified atom stereocenters. The van der Waals surface area contributed by atoms with Crippen LogP contribution >= 0.6 is 27.3 Å². The number of rotatable bonds is 5. The van der Waals surface area contributed by atoms with Crippen molar-refractivity contribution >= 4 is 43.4 Å². The number of benzene rings is 1. The predicted octanol–water partition coefficient (Wildman–Crippen LogP) is 4.94. The average Bonchev–Trinajstić information content (AvgIpc) is 3.09. The third-order valence-corrected chi connectivity index (χ3v) is 8.35. The highest BCUT2D eigenvalue weighted by molar-refractivity contribution is 9.10. The zero-order valence-corrected chi connectivity index (χ0v) is 20.3. The lowest BCUT2D eigenvalue weighted by molar-refractivity contribution is 0.185. The molecule has 0 saturated heterocycles. The maximum absolute atomic E-state index is 13.0. The summed E-state index contributed by atoms with van der Waals surface area (Å²) in [5.74, 6) is 0.263. The third-order valence-electron chi connectivity index (χ3n) is 4.87. The number of nitrogens with zero attached hydrogens (tertiary/aromatic N) is 1. The summed E-state index contributed by atoms with van der Waals surface area (Å²) in [6.07, 6.45) is 4.02. The Balaban J connectivity index is 1.85. The molecule has 0 spiro atoms. The molecule has 0 bridgehead atoms. The van der Waals surface area contributed by atoms with Gasteiger partial charge >= 0.3 is 6.09 Å². The second-order valence-corrected chi connectivity index (χ2v) is 12.2. The molecule has 1 aliphatic carbocycles. The van der Waals surface area contributed by atoms with E-state index in [4.69, 9.17) is 5.11 Å². The summed E-state index contributed by atoms with van der Waals surface area (Å²) < 4.78 is 29.5. The summed E-state index contributed by atoms with van der Waals surface area (Å²) in [5, 5.41) is 12.4. The van der Waals surface area contributed by atoms with Crippen molar-refractivity contribution in [3.8, 4) is 10.4 Å². The van der Waals surface area contributed by atoms with E-state index in [-0.39, 0.29) is 16.9 Å². The van der Waals surface area contributed by atoms with E-state index in [2.05, 4.69) is 31.0 Å². The van der Waals surface area contributed by atoms with Crippen molar-refractivity contribution in [2.45, 2.75) is 68.8 Å². The van der Waals surface area contributed by atoms with E-state index in [0.29, 0.717) is 10.0 Å². The Morgan fingerprint density at radius 1 is 1.23 bits per heavy atom. The molecule has 3 N–H and O–H groups in total. The molecule has 0 atom stereocenters. The van der Waals surface area contributed by atoms with Crippen molar-refractivity contribution in [3.63, 3.8) is 0 Å². The lowest BCUT2D eigenvalue weighted by atomic mass is 9.86. The number of sulfonamides is 1. The van der Waals surface area contributed by atoms with E-state index in [1.165, 1.54) is 11.3 Å². The van der Waals surface area contributed by atoms with Crippen molar-refractivity contribution in [3.05, 3.63) is 33.9 Å². The van der Waals surface area contributed by atoms with Gasteiger partial charge in [-0.2, -0.15) is 0 Å². The molecule has 1 fully saturated rings. The molecule has 0 aliphatic heterocycles. The number of nitrogens with one attached hydrogen (secondary N) is 2. The summed E-state index contributed by atoms with van der Waals surface area (Å²) in [6.45, 7) is 5.42. The normalized spacial score (nSPS) is 20.1. The van der Waals surface area contributed by atoms with Crippen LogP contribution in [-0.2, 0) is 10.0 Å². The molecule has 10 heteroatoms. The van der Waals surface area contributed by atoms with E-state index < -0.39 is 21.7 Å². The molecule has 1 saturated carbocycles. The summed E-state index contributed by atoms with van der Waals surface area (Å²) in [4.78, 5) is 16.4. The quantitative estimate of drug-likeness (QED) is 0.522. The summed E-state index contributed by atoms with van der Waals surface area (Å²) in [5.41, 5.74) is 0.0276. The zero-order chi connectivity index (χ0) is 22.1. The van der Waals surface area contributed by atoms with Gasteiger partial charge in [-0.15, -0.1) is 11.3 Å². The van der Waals surface area contributed by atoms with Crippen molar-refractivity contribution in [2.24, 2.45) is 0 Å². The van der Waals surface area contributed by atoms with Gasteiger partial charge in [0.25, 0.3) is 0 Å². The van der Waals surface area contributed by atoms with Crippen LogP contribution in [-0.4, -0.2) is 36.2 Å². The molecule has 1 aliphatic rings. The van der Waals surface area contributed by atoms with Gasteiger partial charge in [0.2, 0.25) is 10.0 Å². The molecule has 1 aromatic heterocycles. The number of hydrogen-bond acceptors (Lipinski definition) is 5. The highest BCUT2D eigenvalue weighted by Crippen LogP contribution is 2.39. The first-order valence-electron chi connectivity index (χ1n) is 9.74. The lowest BCUT2D eigenvalue weighted by Gasteiger charge is -2.27. The number of halogens is 1. The van der Waals surface area contributed by atoms with E-state index in [1.807, 2.05) is 26.8 Å². The summed E-state index contributed by atoms with van der Waals surface area (Å²) in [7, 11) is -3.72. The van der Waals surface area contributed by atoms with Crippen LogP contribution < -0.4 is 10.0 Å². The van der Waals surface area contributed by atoms with Crippen LogP contribution in [0.4, 0.5) is 4.79 Å². The van der Waals surface area contributed by atoms with Gasteiger partial charge in [0.1, 0.15) is 0 Å². The Bertz CT molecular complexity index is 1020. The van der Waals surface area contributed by atoms with Crippen LogP contribution in [0.2, 0.25) is 0 Å². The van der Waals surface area contributed by atoms with Crippen molar-refractivity contribution in [1.82, 2.24) is 15.0 Å². The van der Waals surface area contributed by atoms with E-state index in [1.54, 1.807) is 18.3 Å². The van der Waals surface area contributed by atoms with Crippen LogP contribution in [0.15, 0.2) is 33.8 Å². The molecule has 1 amide bonds. The van der Waals surface area contributed by atoms with Gasteiger partial charge in [0.05, 0.1) is 14.8 Å². The standard InChI is InChI=1S/C20H26BrN3O4S2/c1-20(2,3)24-30(27,28)17-10-13(21)6-9-15(17)16-11-22-18(29-16)12-4-7-14(8-5-12)23-19(25)26/h6,9-12,14,23-24H,4-5,7-8H2,1-3H3,(H,25,26)/t12-,14-. The first-order valence-corrected chi connectivity index (χ1v) is 12.8. The van der Waals surface area contributed by atoms with Crippen LogP contribution in [0.5, 0.6) is 0 Å². The van der Waals surface area contributed by atoms with Gasteiger partial charge in [0.15, 0.2) is 0 Å². The number of carbonyl (C=O) groups is 1. The number of carboxylic acid groups (broad SMARTS) is 1. The molecular weight excluding hydrogens is 490 g/mol. The van der Waals surface area contributed by atoms with Gasteiger partial charge in [-0.05, 0) is 58.6 Å². The van der Waals surface area contributed by atoms with E-state index in [0.717, 1.165) is 35.6 Å². The molecule has 164 valence electrons. The maximum Gasteiger partial charge on any atom is 0.404 e. The van der Waals surface area contributed by atoms with Crippen LogP contribution in [0.25, 0.3) is 10.4 Å². The second-order valence-electron chi connectivity index (χ2n) is 8.56. The van der Waals surface area contributed by atoms with Crippen LogP contribution in [0.1, 0.15) is 57.4 Å². The van der Waals surface area contributed by atoms with Crippen LogP contribution in [0, 0.1) is 0 Å². The predicted molar refractivity (Wildman–Crippen MR) is 121 cm³/mol. The SMILES string of the molecule is CC(C)(C)NS(=O)(=O)c1cc(Br)ccc1-c1cnc([C@H]2CC[C@H](NC(=O)O)CC2)s1. The van der Waals surface area contributed by atoms with Crippen molar-refractivity contribution in [1.29, 1.82) is 0 Å². The molecule has 7 nitrogen and oxygen atoms in total. The first-order chi connectivity index (χ1) is 13.9. The fourth-order valence-electron chi connectivity index (χ4n) is 3.64. The Labute approximate surface area is 189 Å². The number of aromatic nitrogens is 1. The molecule has 30 heavy (non-hydrogen) atoms. The fraction of sp³-hybridized carbons (Fsp3) is 0.500. The molecular formula is C20H26BrN3O4S2. The van der Waals surface area contributed by atoms with Crippen LogP contribution in [0.3, 0.4) is 0 Å². The lowest BCUT2D eigenvalue weighted by Crippen LogP contribution is -2.40. The van der Waals surface area contributed by atoms with Gasteiger partial charge in [0, 0.05) is 33.7 Å². The Morgan fingerprint density at radius 2 is 1.90 bits per heavy atom. The van der Waals surface area contributed by atoms with Gasteiger partial charge in [-0.1, -0.05) is 22.0 Å². The molecule has 0 radical (unpaired) electrons. The molecule has 1 heterocycles. The largest absolute Gasteiger partial charge is 0.465 e. The first kappa shape index (κ1) is 23.2. The van der Waals surface area contributed by atoms with Gasteiger partial charge in [-0.3, -0.25) is 0 Å². The zero-order valence-electron chi connectivity index (χ0n) is 17.1. The number of amides is 1.